The third kappa shape index (κ3) is 4.17. The molecule has 0 bridgehead atoms. The maximum atomic E-state index is 11.4. The van der Waals surface area contributed by atoms with Crippen LogP contribution in [0.2, 0.25) is 0 Å². The molecule has 0 spiro atoms. The van der Waals surface area contributed by atoms with Gasteiger partial charge in [-0.15, -0.1) is 0 Å². The molecule has 0 unspecified atom stereocenters. The summed E-state index contributed by atoms with van der Waals surface area (Å²) >= 11 is 0. The first-order valence-corrected chi connectivity index (χ1v) is 8.78. The van der Waals surface area contributed by atoms with E-state index in [9.17, 15) is 9.90 Å². The standard InChI is InChI=1S/C21H23NO4/c1-3-9-22(16-5-4-6-17(23)13-16)10-11-25-18-7-8-20-19(14-18)15(2)12-21(24)26-20/h4-8,12-14,23H,3,9-11H2,1-2H3. The van der Waals surface area contributed by atoms with E-state index in [4.69, 9.17) is 9.15 Å². The van der Waals surface area contributed by atoms with Crippen molar-refractivity contribution in [3.05, 3.63) is 64.5 Å². The smallest absolute Gasteiger partial charge is 0.336 e. The van der Waals surface area contributed by atoms with Gasteiger partial charge in [0.15, 0.2) is 0 Å². The van der Waals surface area contributed by atoms with Crippen LogP contribution in [0.25, 0.3) is 11.0 Å². The minimum atomic E-state index is -0.343. The average Bonchev–Trinajstić information content (AvgIpc) is 2.61. The Morgan fingerprint density at radius 3 is 2.73 bits per heavy atom. The summed E-state index contributed by atoms with van der Waals surface area (Å²) in [7, 11) is 0. The molecule has 3 aromatic rings. The summed E-state index contributed by atoms with van der Waals surface area (Å²) in [5.74, 6) is 0.998. The second-order valence-corrected chi connectivity index (χ2v) is 6.26. The van der Waals surface area contributed by atoms with Gasteiger partial charge in [0.05, 0.1) is 6.54 Å². The predicted molar refractivity (Wildman–Crippen MR) is 103 cm³/mol. The number of aryl methyl sites for hydroxylation is 1. The van der Waals surface area contributed by atoms with Crippen molar-refractivity contribution >= 4 is 16.7 Å². The summed E-state index contributed by atoms with van der Waals surface area (Å²) in [5.41, 5.74) is 2.07. The Balaban J connectivity index is 1.69. The van der Waals surface area contributed by atoms with Gasteiger partial charge in [0.1, 0.15) is 23.7 Å². The van der Waals surface area contributed by atoms with Crippen LogP contribution < -0.4 is 15.3 Å². The van der Waals surface area contributed by atoms with Gasteiger partial charge in [-0.05, 0) is 49.2 Å². The molecule has 136 valence electrons. The van der Waals surface area contributed by atoms with Gasteiger partial charge in [-0.1, -0.05) is 13.0 Å². The maximum absolute atomic E-state index is 11.4. The topological polar surface area (TPSA) is 62.9 Å². The van der Waals surface area contributed by atoms with Gasteiger partial charge in [-0.2, -0.15) is 0 Å². The number of ether oxygens (including phenoxy) is 1. The van der Waals surface area contributed by atoms with Crippen LogP contribution in [0.15, 0.2) is 57.7 Å². The van der Waals surface area contributed by atoms with E-state index < -0.39 is 0 Å². The van der Waals surface area contributed by atoms with Crippen LogP contribution in [0.1, 0.15) is 18.9 Å². The average molecular weight is 353 g/mol. The lowest BCUT2D eigenvalue weighted by Crippen LogP contribution is -2.29. The molecule has 0 amide bonds. The zero-order chi connectivity index (χ0) is 18.5. The van der Waals surface area contributed by atoms with Crippen LogP contribution >= 0.6 is 0 Å². The van der Waals surface area contributed by atoms with Crippen molar-refractivity contribution in [3.8, 4) is 11.5 Å². The second kappa shape index (κ2) is 7.95. The van der Waals surface area contributed by atoms with E-state index >= 15 is 0 Å². The van der Waals surface area contributed by atoms with Crippen molar-refractivity contribution in [1.82, 2.24) is 0 Å². The monoisotopic (exact) mass is 353 g/mol. The number of phenolic OH excluding ortho intramolecular Hbond substituents is 1. The number of anilines is 1. The van der Waals surface area contributed by atoms with Crippen LogP contribution in [0.4, 0.5) is 5.69 Å². The number of benzene rings is 2. The van der Waals surface area contributed by atoms with Crippen molar-refractivity contribution in [3.63, 3.8) is 0 Å². The summed E-state index contributed by atoms with van der Waals surface area (Å²) in [6.45, 7) is 6.11. The highest BCUT2D eigenvalue weighted by Gasteiger charge is 2.08. The molecule has 0 saturated heterocycles. The van der Waals surface area contributed by atoms with Gasteiger partial charge in [0.25, 0.3) is 0 Å². The van der Waals surface area contributed by atoms with Crippen molar-refractivity contribution in [2.75, 3.05) is 24.6 Å². The van der Waals surface area contributed by atoms with E-state index in [-0.39, 0.29) is 11.4 Å². The minimum absolute atomic E-state index is 0.260. The Morgan fingerprint density at radius 2 is 1.96 bits per heavy atom. The number of aromatic hydroxyl groups is 1. The lowest BCUT2D eigenvalue weighted by molar-refractivity contribution is 0.324. The number of phenols is 1. The van der Waals surface area contributed by atoms with E-state index in [0.717, 1.165) is 35.4 Å². The van der Waals surface area contributed by atoms with E-state index in [2.05, 4.69) is 11.8 Å². The molecule has 0 radical (unpaired) electrons. The molecule has 2 aromatic carbocycles. The second-order valence-electron chi connectivity index (χ2n) is 6.26. The number of hydrogen-bond donors (Lipinski definition) is 1. The number of fused-ring (bicyclic) bond motifs is 1. The summed E-state index contributed by atoms with van der Waals surface area (Å²) in [5, 5.41) is 10.6. The minimum Gasteiger partial charge on any atom is -0.508 e. The first kappa shape index (κ1) is 17.9. The Hall–Kier alpha value is -2.95. The summed E-state index contributed by atoms with van der Waals surface area (Å²) in [6, 6.07) is 14.2. The molecular weight excluding hydrogens is 330 g/mol. The Labute approximate surface area is 152 Å². The molecule has 5 nitrogen and oxygen atoms in total. The van der Waals surface area contributed by atoms with Gasteiger partial charge in [-0.3, -0.25) is 0 Å². The Kier molecular flexibility index (Phi) is 5.46. The Morgan fingerprint density at radius 1 is 1.12 bits per heavy atom. The molecule has 1 heterocycles. The molecule has 0 atom stereocenters. The van der Waals surface area contributed by atoms with Gasteiger partial charge in [0.2, 0.25) is 0 Å². The Bertz CT molecular complexity index is 948. The highest BCUT2D eigenvalue weighted by Crippen LogP contribution is 2.23. The lowest BCUT2D eigenvalue weighted by Gasteiger charge is -2.24. The van der Waals surface area contributed by atoms with E-state index in [1.54, 1.807) is 18.2 Å². The molecule has 1 aromatic heterocycles. The molecule has 3 rings (SSSR count). The summed E-state index contributed by atoms with van der Waals surface area (Å²) in [4.78, 5) is 13.6. The van der Waals surface area contributed by atoms with Crippen molar-refractivity contribution in [1.29, 1.82) is 0 Å². The zero-order valence-corrected chi connectivity index (χ0v) is 15.1. The number of rotatable bonds is 7. The highest BCUT2D eigenvalue weighted by molar-refractivity contribution is 5.81. The molecule has 26 heavy (non-hydrogen) atoms. The fourth-order valence-electron chi connectivity index (χ4n) is 2.99. The normalized spacial score (nSPS) is 10.8. The fraction of sp³-hybridized carbons (Fsp3) is 0.286. The van der Waals surface area contributed by atoms with Crippen LogP contribution in [-0.2, 0) is 0 Å². The third-order valence-electron chi connectivity index (χ3n) is 4.24. The molecule has 0 saturated carbocycles. The van der Waals surface area contributed by atoms with Gasteiger partial charge < -0.3 is 19.2 Å². The first-order valence-electron chi connectivity index (χ1n) is 8.78. The molecule has 0 aliphatic rings. The highest BCUT2D eigenvalue weighted by atomic mass is 16.5. The predicted octanol–water partition coefficient (Wildman–Crippen LogP) is 4.10. The van der Waals surface area contributed by atoms with Crippen LogP contribution in [0, 0.1) is 6.92 Å². The molecular formula is C21H23NO4. The molecule has 0 aliphatic heterocycles. The number of nitrogens with zero attached hydrogens (tertiary/aromatic N) is 1. The van der Waals surface area contributed by atoms with Gasteiger partial charge >= 0.3 is 5.63 Å². The maximum Gasteiger partial charge on any atom is 0.336 e. The SMILES string of the molecule is CCCN(CCOc1ccc2oc(=O)cc(C)c2c1)c1cccc(O)c1. The quantitative estimate of drug-likeness (QED) is 0.648. The summed E-state index contributed by atoms with van der Waals surface area (Å²) < 4.78 is 11.1. The van der Waals surface area contributed by atoms with Crippen molar-refractivity contribution in [2.24, 2.45) is 0 Å². The third-order valence-corrected chi connectivity index (χ3v) is 4.24. The fourth-order valence-corrected chi connectivity index (χ4v) is 2.99. The van der Waals surface area contributed by atoms with Crippen molar-refractivity contribution in [2.45, 2.75) is 20.3 Å². The van der Waals surface area contributed by atoms with E-state index in [1.165, 1.54) is 6.07 Å². The van der Waals surface area contributed by atoms with E-state index in [1.807, 2.05) is 31.2 Å². The molecule has 1 N–H and O–H groups in total. The largest absolute Gasteiger partial charge is 0.508 e. The lowest BCUT2D eigenvalue weighted by atomic mass is 10.1. The van der Waals surface area contributed by atoms with Crippen LogP contribution in [-0.4, -0.2) is 24.8 Å². The molecule has 0 fully saturated rings. The van der Waals surface area contributed by atoms with Crippen molar-refractivity contribution < 1.29 is 14.3 Å². The molecule has 0 aliphatic carbocycles. The van der Waals surface area contributed by atoms with Gasteiger partial charge in [-0.25, -0.2) is 4.79 Å². The number of hydrogen-bond acceptors (Lipinski definition) is 5. The van der Waals surface area contributed by atoms with Gasteiger partial charge in [0, 0.05) is 29.8 Å². The van der Waals surface area contributed by atoms with E-state index in [0.29, 0.717) is 18.7 Å². The van der Waals surface area contributed by atoms with Crippen LogP contribution in [0.3, 0.4) is 0 Å². The van der Waals surface area contributed by atoms with Crippen LogP contribution in [0.5, 0.6) is 11.5 Å². The first-order chi connectivity index (χ1) is 12.6. The molecule has 5 heteroatoms. The zero-order valence-electron chi connectivity index (χ0n) is 15.1. The summed E-state index contributed by atoms with van der Waals surface area (Å²) in [6.07, 6.45) is 1.00.